The lowest BCUT2D eigenvalue weighted by molar-refractivity contribution is -0.119. The number of para-hydroxylation sites is 1. The van der Waals surface area contributed by atoms with Crippen molar-refractivity contribution in [3.8, 4) is 0 Å². The first-order valence-electron chi connectivity index (χ1n) is 11.4. The van der Waals surface area contributed by atoms with Gasteiger partial charge < -0.3 is 15.8 Å². The molecule has 1 heterocycles. The lowest BCUT2D eigenvalue weighted by atomic mass is 9.70. The second kappa shape index (κ2) is 9.25. The third-order valence-electron chi connectivity index (χ3n) is 6.48. The number of nitrogens with one attached hydrogen (secondary N) is 1. The molecule has 0 bridgehead atoms. The summed E-state index contributed by atoms with van der Waals surface area (Å²) >= 11 is 0. The number of amides is 2. The van der Waals surface area contributed by atoms with Gasteiger partial charge in [0.15, 0.2) is 6.61 Å². The molecule has 3 aromatic rings. The van der Waals surface area contributed by atoms with Gasteiger partial charge in [-0.25, -0.2) is 4.79 Å². The number of ether oxygens (including phenoxy) is 1. The Hall–Kier alpha value is -3.74. The molecule has 7 nitrogen and oxygen atoms in total. The largest absolute Gasteiger partial charge is 0.452 e. The predicted molar refractivity (Wildman–Crippen MR) is 131 cm³/mol. The van der Waals surface area contributed by atoms with Gasteiger partial charge in [-0.05, 0) is 66.5 Å². The average Bonchev–Trinajstić information content (AvgIpc) is 2.80. The van der Waals surface area contributed by atoms with Gasteiger partial charge in [-0.15, -0.1) is 0 Å². The van der Waals surface area contributed by atoms with Crippen molar-refractivity contribution < 1.29 is 19.1 Å². The van der Waals surface area contributed by atoms with Crippen LogP contribution in [-0.2, 0) is 22.4 Å². The molecule has 2 amide bonds. The minimum absolute atomic E-state index is 0.106. The zero-order valence-corrected chi connectivity index (χ0v) is 19.7. The number of carbonyl (C=O) groups is 3. The molecular weight excluding hydrogens is 430 g/mol. The SMILES string of the molecule is CC(C)(C)C1CCc2nc3ccccc3c(C(=O)OCC(=O)Nc3ccc(C(N)=O)cc3)c2C1. The summed E-state index contributed by atoms with van der Waals surface area (Å²) in [6.07, 6.45) is 2.58. The van der Waals surface area contributed by atoms with Crippen LogP contribution in [0.2, 0.25) is 0 Å². The van der Waals surface area contributed by atoms with Crippen LogP contribution in [0.25, 0.3) is 10.9 Å². The molecule has 1 aromatic heterocycles. The van der Waals surface area contributed by atoms with Gasteiger partial charge >= 0.3 is 5.97 Å². The monoisotopic (exact) mass is 459 g/mol. The molecule has 4 rings (SSSR count). The zero-order chi connectivity index (χ0) is 24.5. The number of esters is 1. The maximum atomic E-state index is 13.3. The fraction of sp³-hybridized carbons (Fsp3) is 0.333. The number of aryl methyl sites for hydroxylation is 1. The second-order valence-corrected chi connectivity index (χ2v) is 9.80. The van der Waals surface area contributed by atoms with Crippen molar-refractivity contribution in [1.82, 2.24) is 4.98 Å². The topological polar surface area (TPSA) is 111 Å². The molecule has 0 spiro atoms. The van der Waals surface area contributed by atoms with Crippen LogP contribution in [0.5, 0.6) is 0 Å². The Labute approximate surface area is 198 Å². The van der Waals surface area contributed by atoms with Crippen LogP contribution in [-0.4, -0.2) is 29.4 Å². The van der Waals surface area contributed by atoms with Gasteiger partial charge in [0.25, 0.3) is 5.91 Å². The third kappa shape index (κ3) is 4.93. The molecule has 0 saturated carbocycles. The molecule has 1 atom stereocenters. The lowest BCUT2D eigenvalue weighted by Crippen LogP contribution is -2.29. The van der Waals surface area contributed by atoms with Crippen LogP contribution in [0.4, 0.5) is 5.69 Å². The van der Waals surface area contributed by atoms with E-state index in [1.165, 1.54) is 12.1 Å². The van der Waals surface area contributed by atoms with E-state index in [-0.39, 0.29) is 5.41 Å². The van der Waals surface area contributed by atoms with E-state index in [0.717, 1.165) is 41.4 Å². The maximum Gasteiger partial charge on any atom is 0.339 e. The van der Waals surface area contributed by atoms with Gasteiger partial charge in [-0.1, -0.05) is 39.0 Å². The van der Waals surface area contributed by atoms with Gasteiger partial charge in [-0.2, -0.15) is 0 Å². The molecule has 3 N–H and O–H groups in total. The summed E-state index contributed by atoms with van der Waals surface area (Å²) in [6.45, 7) is 6.23. The Morgan fingerprint density at radius 3 is 2.47 bits per heavy atom. The van der Waals surface area contributed by atoms with Gasteiger partial charge in [0.2, 0.25) is 5.91 Å². The fourth-order valence-electron chi connectivity index (χ4n) is 4.48. The Balaban J connectivity index is 1.55. The van der Waals surface area contributed by atoms with Gasteiger partial charge in [-0.3, -0.25) is 14.6 Å². The number of carbonyl (C=O) groups excluding carboxylic acids is 3. The number of benzene rings is 2. The molecule has 7 heteroatoms. The Bertz CT molecular complexity index is 1260. The van der Waals surface area contributed by atoms with Gasteiger partial charge in [0, 0.05) is 22.3 Å². The first-order valence-corrected chi connectivity index (χ1v) is 11.4. The highest BCUT2D eigenvalue weighted by Crippen LogP contribution is 2.39. The number of nitrogens with zero attached hydrogens (tertiary/aromatic N) is 1. The predicted octanol–water partition coefficient (Wildman–Crippen LogP) is 4.28. The van der Waals surface area contributed by atoms with E-state index in [0.29, 0.717) is 22.7 Å². The van der Waals surface area contributed by atoms with E-state index in [2.05, 4.69) is 26.1 Å². The maximum absolute atomic E-state index is 13.3. The summed E-state index contributed by atoms with van der Waals surface area (Å²) in [5.41, 5.74) is 9.28. The normalized spacial score (nSPS) is 15.4. The summed E-state index contributed by atoms with van der Waals surface area (Å²) in [5, 5.41) is 3.40. The van der Waals surface area contributed by atoms with Crippen molar-refractivity contribution in [2.24, 2.45) is 17.1 Å². The van der Waals surface area contributed by atoms with Crippen LogP contribution < -0.4 is 11.1 Å². The Kier molecular flexibility index (Phi) is 6.37. The standard InChI is InChI=1S/C27H29N3O4/c1-27(2,3)17-10-13-22-20(14-17)24(19-6-4-5-7-21(19)30-22)26(33)34-15-23(31)29-18-11-8-16(9-12-18)25(28)32/h4-9,11-12,17H,10,13-15H2,1-3H3,(H2,28,32)(H,29,31). The van der Waals surface area contributed by atoms with Crippen molar-refractivity contribution in [2.45, 2.75) is 40.0 Å². The highest BCUT2D eigenvalue weighted by Gasteiger charge is 2.33. The molecule has 0 saturated heterocycles. The number of rotatable bonds is 5. The minimum atomic E-state index is -0.548. The number of hydrogen-bond donors (Lipinski definition) is 2. The van der Waals surface area contributed by atoms with Crippen LogP contribution in [0.3, 0.4) is 0 Å². The molecular formula is C27H29N3O4. The van der Waals surface area contributed by atoms with Gasteiger partial charge in [0.05, 0.1) is 11.1 Å². The van der Waals surface area contributed by atoms with Crippen LogP contribution >= 0.6 is 0 Å². The molecule has 176 valence electrons. The number of anilines is 1. The molecule has 1 aliphatic carbocycles. The average molecular weight is 460 g/mol. The molecule has 34 heavy (non-hydrogen) atoms. The van der Waals surface area contributed by atoms with Crippen LogP contribution in [0.1, 0.15) is 59.2 Å². The second-order valence-electron chi connectivity index (χ2n) is 9.80. The number of fused-ring (bicyclic) bond motifs is 2. The highest BCUT2D eigenvalue weighted by molar-refractivity contribution is 6.06. The summed E-state index contributed by atoms with van der Waals surface area (Å²) in [5.74, 6) is -1.13. The molecule has 0 radical (unpaired) electrons. The van der Waals surface area contributed by atoms with Crippen molar-refractivity contribution in [3.63, 3.8) is 0 Å². The molecule has 1 unspecified atom stereocenters. The first-order chi connectivity index (χ1) is 16.1. The molecule has 0 aliphatic heterocycles. The van der Waals surface area contributed by atoms with Crippen molar-refractivity contribution in [1.29, 1.82) is 0 Å². The minimum Gasteiger partial charge on any atom is -0.452 e. The first kappa shape index (κ1) is 23.4. The van der Waals surface area contributed by atoms with Crippen molar-refractivity contribution in [2.75, 3.05) is 11.9 Å². The Morgan fingerprint density at radius 1 is 1.09 bits per heavy atom. The molecule has 2 aromatic carbocycles. The lowest BCUT2D eigenvalue weighted by Gasteiger charge is -2.35. The third-order valence-corrected chi connectivity index (χ3v) is 6.48. The quantitative estimate of drug-likeness (QED) is 0.553. The van der Waals surface area contributed by atoms with Crippen molar-refractivity contribution in [3.05, 3.63) is 70.9 Å². The van der Waals surface area contributed by atoms with E-state index >= 15 is 0 Å². The van der Waals surface area contributed by atoms with Crippen LogP contribution in [0.15, 0.2) is 48.5 Å². The van der Waals surface area contributed by atoms with E-state index in [4.69, 9.17) is 15.5 Å². The number of aromatic nitrogens is 1. The number of nitrogens with two attached hydrogens (primary N) is 1. The van der Waals surface area contributed by atoms with E-state index < -0.39 is 24.4 Å². The number of hydrogen-bond acceptors (Lipinski definition) is 5. The summed E-state index contributed by atoms with van der Waals surface area (Å²) in [6, 6.07) is 13.7. The summed E-state index contributed by atoms with van der Waals surface area (Å²) in [7, 11) is 0. The summed E-state index contributed by atoms with van der Waals surface area (Å²) < 4.78 is 5.47. The number of primary amides is 1. The van der Waals surface area contributed by atoms with Crippen molar-refractivity contribution >= 4 is 34.4 Å². The van der Waals surface area contributed by atoms with E-state index in [9.17, 15) is 14.4 Å². The van der Waals surface area contributed by atoms with Crippen LogP contribution in [0, 0.1) is 11.3 Å². The summed E-state index contributed by atoms with van der Waals surface area (Å²) in [4.78, 5) is 41.7. The van der Waals surface area contributed by atoms with E-state index in [1.54, 1.807) is 12.1 Å². The van der Waals surface area contributed by atoms with Gasteiger partial charge in [0.1, 0.15) is 0 Å². The fourth-order valence-corrected chi connectivity index (χ4v) is 4.48. The smallest absolute Gasteiger partial charge is 0.339 e. The molecule has 1 aliphatic rings. The zero-order valence-electron chi connectivity index (χ0n) is 19.7. The number of pyridine rings is 1. The van der Waals surface area contributed by atoms with E-state index in [1.807, 2.05) is 24.3 Å². The Morgan fingerprint density at radius 2 is 1.79 bits per heavy atom. The highest BCUT2D eigenvalue weighted by atomic mass is 16.5. The molecule has 0 fully saturated rings.